The molecule has 0 fully saturated rings. The van der Waals surface area contributed by atoms with Crippen LogP contribution < -0.4 is 0 Å². The van der Waals surface area contributed by atoms with Gasteiger partial charge in [0.1, 0.15) is 11.3 Å². The van der Waals surface area contributed by atoms with E-state index in [1.54, 1.807) is 12.3 Å². The number of nitrogens with zero attached hydrogens (tertiary/aromatic N) is 1. The van der Waals surface area contributed by atoms with E-state index in [0.29, 0.717) is 5.52 Å². The van der Waals surface area contributed by atoms with E-state index in [2.05, 4.69) is 17.1 Å². The number of rotatable bonds is 1. The summed E-state index contributed by atoms with van der Waals surface area (Å²) in [6, 6.07) is 17.6. The van der Waals surface area contributed by atoms with E-state index in [1.807, 2.05) is 36.4 Å². The molecule has 2 aromatic carbocycles. The first-order valence-corrected chi connectivity index (χ1v) is 5.48. The number of benzene rings is 2. The molecule has 0 bridgehead atoms. The van der Waals surface area contributed by atoms with Gasteiger partial charge in [-0.25, -0.2) is 0 Å². The van der Waals surface area contributed by atoms with Crippen LogP contribution in [0.5, 0.6) is 5.75 Å². The highest BCUT2D eigenvalue weighted by molar-refractivity contribution is 5.97. The van der Waals surface area contributed by atoms with Gasteiger partial charge < -0.3 is 5.11 Å². The quantitative estimate of drug-likeness (QED) is 0.671. The normalized spacial score (nSPS) is 10.0. The maximum Gasteiger partial charge on any atom is 0.141 e. The molecule has 0 spiro atoms. The molecule has 18 heavy (non-hydrogen) atoms. The largest absolute Gasteiger partial charge is 0.506 e. The number of aromatic nitrogens is 1. The summed E-state index contributed by atoms with van der Waals surface area (Å²) < 4.78 is 0. The molecule has 1 aromatic heterocycles. The van der Waals surface area contributed by atoms with Gasteiger partial charge in [0, 0.05) is 28.9 Å². The highest BCUT2D eigenvalue weighted by atomic mass is 27.0. The minimum atomic E-state index is 0. The lowest BCUT2D eigenvalue weighted by atomic mass is 10.0. The molecular weight excluding hydrogens is 237 g/mol. The van der Waals surface area contributed by atoms with Gasteiger partial charge in [0.2, 0.25) is 0 Å². The Morgan fingerprint density at radius 2 is 1.61 bits per heavy atom. The number of hydrogen-bond acceptors (Lipinski definition) is 2. The number of hydrogen-bond donors (Lipinski definition) is 1. The van der Waals surface area contributed by atoms with Crippen molar-refractivity contribution in [3.63, 3.8) is 0 Å². The maximum atomic E-state index is 9.78. The van der Waals surface area contributed by atoms with Crippen molar-refractivity contribution < 1.29 is 5.11 Å². The standard InChI is InChI=1S/C15H11NO.Al/c17-14-9-8-12(11-5-2-1-3-6-11)13-7-4-10-16-15(13)14;/h1-10,17H;. The number of phenols is 1. The number of phenolic OH excluding ortho intramolecular Hbond substituents is 1. The van der Waals surface area contributed by atoms with Crippen LogP contribution in [-0.2, 0) is 0 Å². The van der Waals surface area contributed by atoms with Crippen LogP contribution in [0.2, 0.25) is 0 Å². The van der Waals surface area contributed by atoms with Crippen molar-refractivity contribution in [2.75, 3.05) is 0 Å². The van der Waals surface area contributed by atoms with Crippen molar-refractivity contribution in [2.24, 2.45) is 0 Å². The van der Waals surface area contributed by atoms with Gasteiger partial charge in [-0.05, 0) is 29.3 Å². The van der Waals surface area contributed by atoms with E-state index in [-0.39, 0.29) is 23.1 Å². The lowest BCUT2D eigenvalue weighted by Crippen LogP contribution is -1.84. The topological polar surface area (TPSA) is 33.1 Å². The first-order valence-electron chi connectivity index (χ1n) is 5.48. The smallest absolute Gasteiger partial charge is 0.141 e. The van der Waals surface area contributed by atoms with E-state index in [4.69, 9.17) is 0 Å². The molecular formula is C15H11AlNO. The molecule has 0 aliphatic carbocycles. The van der Waals surface area contributed by atoms with Crippen molar-refractivity contribution >= 4 is 28.3 Å². The average molecular weight is 248 g/mol. The van der Waals surface area contributed by atoms with Crippen molar-refractivity contribution in [2.45, 2.75) is 0 Å². The minimum absolute atomic E-state index is 0. The molecule has 3 heteroatoms. The third-order valence-electron chi connectivity index (χ3n) is 2.83. The molecule has 3 rings (SSSR count). The van der Waals surface area contributed by atoms with Crippen LogP contribution in [-0.4, -0.2) is 27.5 Å². The van der Waals surface area contributed by atoms with Crippen LogP contribution in [0.3, 0.4) is 0 Å². The molecule has 0 aliphatic rings. The Labute approximate surface area is 116 Å². The fraction of sp³-hybridized carbons (Fsp3) is 0. The predicted molar refractivity (Wildman–Crippen MR) is 74.6 cm³/mol. The van der Waals surface area contributed by atoms with Gasteiger partial charge in [0.25, 0.3) is 0 Å². The Balaban J connectivity index is 0.00000120. The maximum absolute atomic E-state index is 9.78. The SMILES string of the molecule is Oc1ccc(-c2ccccc2)c2cccnc12.[Al]. The van der Waals surface area contributed by atoms with Gasteiger partial charge in [-0.3, -0.25) is 4.98 Å². The van der Waals surface area contributed by atoms with E-state index in [1.165, 1.54) is 0 Å². The number of fused-ring (bicyclic) bond motifs is 1. The Hall–Kier alpha value is -1.82. The summed E-state index contributed by atoms with van der Waals surface area (Å²) in [5.74, 6) is 0.222. The van der Waals surface area contributed by atoms with Crippen molar-refractivity contribution in [3.8, 4) is 16.9 Å². The summed E-state index contributed by atoms with van der Waals surface area (Å²) in [5.41, 5.74) is 2.87. The van der Waals surface area contributed by atoms with Crippen LogP contribution in [0, 0.1) is 0 Å². The molecule has 85 valence electrons. The summed E-state index contributed by atoms with van der Waals surface area (Å²) in [5, 5.41) is 10.8. The van der Waals surface area contributed by atoms with Crippen molar-refractivity contribution in [3.05, 3.63) is 60.8 Å². The summed E-state index contributed by atoms with van der Waals surface area (Å²) >= 11 is 0. The van der Waals surface area contributed by atoms with Crippen molar-refractivity contribution in [1.82, 2.24) is 4.98 Å². The molecule has 3 aromatic rings. The van der Waals surface area contributed by atoms with E-state index in [9.17, 15) is 5.11 Å². The van der Waals surface area contributed by atoms with Gasteiger partial charge in [-0.15, -0.1) is 0 Å². The summed E-state index contributed by atoms with van der Waals surface area (Å²) in [7, 11) is 0. The molecule has 1 heterocycles. The molecule has 2 nitrogen and oxygen atoms in total. The number of pyridine rings is 1. The van der Waals surface area contributed by atoms with Gasteiger partial charge in [0.05, 0.1) is 0 Å². The zero-order chi connectivity index (χ0) is 11.7. The van der Waals surface area contributed by atoms with Crippen LogP contribution in [0.4, 0.5) is 0 Å². The van der Waals surface area contributed by atoms with Gasteiger partial charge in [0.15, 0.2) is 0 Å². The van der Waals surface area contributed by atoms with Crippen LogP contribution in [0.25, 0.3) is 22.0 Å². The highest BCUT2D eigenvalue weighted by Crippen LogP contribution is 2.32. The Morgan fingerprint density at radius 3 is 2.39 bits per heavy atom. The predicted octanol–water partition coefficient (Wildman–Crippen LogP) is 3.23. The van der Waals surface area contributed by atoms with E-state index >= 15 is 0 Å². The van der Waals surface area contributed by atoms with E-state index in [0.717, 1.165) is 16.5 Å². The second-order valence-corrected chi connectivity index (χ2v) is 3.90. The van der Waals surface area contributed by atoms with Crippen LogP contribution in [0.1, 0.15) is 0 Å². The Bertz CT molecular complexity index is 668. The Morgan fingerprint density at radius 1 is 0.833 bits per heavy atom. The first-order chi connectivity index (χ1) is 8.36. The third kappa shape index (κ3) is 2.11. The lowest BCUT2D eigenvalue weighted by Gasteiger charge is -2.07. The number of aromatic hydroxyl groups is 1. The van der Waals surface area contributed by atoms with E-state index < -0.39 is 0 Å². The minimum Gasteiger partial charge on any atom is -0.506 e. The van der Waals surface area contributed by atoms with Crippen LogP contribution in [0.15, 0.2) is 60.8 Å². The second-order valence-electron chi connectivity index (χ2n) is 3.90. The zero-order valence-corrected chi connectivity index (χ0v) is 10.9. The third-order valence-corrected chi connectivity index (χ3v) is 2.83. The van der Waals surface area contributed by atoms with Gasteiger partial charge in [-0.1, -0.05) is 36.4 Å². The lowest BCUT2D eigenvalue weighted by molar-refractivity contribution is 0.480. The average Bonchev–Trinajstić information content (AvgIpc) is 2.41. The molecule has 0 unspecified atom stereocenters. The van der Waals surface area contributed by atoms with Gasteiger partial charge >= 0.3 is 0 Å². The highest BCUT2D eigenvalue weighted by Gasteiger charge is 2.06. The van der Waals surface area contributed by atoms with Crippen LogP contribution >= 0.6 is 0 Å². The first kappa shape index (κ1) is 12.6. The summed E-state index contributed by atoms with van der Waals surface area (Å²) in [6.45, 7) is 0. The fourth-order valence-corrected chi connectivity index (χ4v) is 2.03. The molecule has 3 radical (unpaired) electrons. The summed E-state index contributed by atoms with van der Waals surface area (Å²) in [6.07, 6.45) is 1.69. The van der Waals surface area contributed by atoms with Crippen molar-refractivity contribution in [1.29, 1.82) is 0 Å². The molecule has 0 amide bonds. The Kier molecular flexibility index (Phi) is 3.67. The monoisotopic (exact) mass is 248 g/mol. The fourth-order valence-electron chi connectivity index (χ4n) is 2.03. The molecule has 0 aliphatic heterocycles. The summed E-state index contributed by atoms with van der Waals surface area (Å²) in [4.78, 5) is 4.22. The molecule has 0 saturated carbocycles. The second kappa shape index (κ2) is 5.22. The van der Waals surface area contributed by atoms with Gasteiger partial charge in [-0.2, -0.15) is 0 Å². The zero-order valence-electron chi connectivity index (χ0n) is 9.75. The molecule has 0 saturated heterocycles. The molecule has 0 atom stereocenters. The molecule has 1 N–H and O–H groups in total.